The van der Waals surface area contributed by atoms with E-state index in [0.29, 0.717) is 34.9 Å². The Labute approximate surface area is 216 Å². The van der Waals surface area contributed by atoms with Gasteiger partial charge in [0.1, 0.15) is 5.82 Å². The predicted octanol–water partition coefficient (Wildman–Crippen LogP) is 4.85. The van der Waals surface area contributed by atoms with E-state index in [1.165, 1.54) is 18.3 Å². The fraction of sp³-hybridized carbons (Fsp3) is 0.192. The van der Waals surface area contributed by atoms with Crippen LogP contribution in [0.3, 0.4) is 0 Å². The molecule has 9 heteroatoms. The molecule has 0 aromatic heterocycles. The summed E-state index contributed by atoms with van der Waals surface area (Å²) in [5, 5.41) is 6.79. The predicted molar refractivity (Wildman–Crippen MR) is 141 cm³/mol. The van der Waals surface area contributed by atoms with Gasteiger partial charge in [0.2, 0.25) is 5.91 Å². The van der Waals surface area contributed by atoms with Crippen molar-refractivity contribution >= 4 is 46.3 Å². The number of carbonyl (C=O) groups is 2. The minimum Gasteiger partial charge on any atom is -0.490 e. The van der Waals surface area contributed by atoms with Gasteiger partial charge in [-0.15, -0.1) is 0 Å². The average Bonchev–Trinajstić information content (AvgIpc) is 2.82. The molecule has 7 nitrogen and oxygen atoms in total. The van der Waals surface area contributed by atoms with Crippen molar-refractivity contribution in [1.82, 2.24) is 5.43 Å². The highest BCUT2D eigenvalue weighted by Crippen LogP contribution is 2.34. The Morgan fingerprint density at radius 2 is 1.74 bits per heavy atom. The summed E-state index contributed by atoms with van der Waals surface area (Å²) in [6.45, 7) is 4.03. The summed E-state index contributed by atoms with van der Waals surface area (Å²) in [5.74, 6) is -0.0643. The number of benzene rings is 3. The molecule has 0 aliphatic heterocycles. The molecule has 3 aromatic carbocycles. The molecule has 3 rings (SSSR count). The first-order valence-electron chi connectivity index (χ1n) is 10.9. The van der Waals surface area contributed by atoms with Crippen molar-refractivity contribution in [1.29, 1.82) is 0 Å². The van der Waals surface area contributed by atoms with Gasteiger partial charge in [-0.2, -0.15) is 5.10 Å². The number of nitrogens with one attached hydrogen (secondary N) is 2. The van der Waals surface area contributed by atoms with E-state index < -0.39 is 0 Å². The minimum absolute atomic E-state index is 0.0801. The molecule has 0 atom stereocenters. The van der Waals surface area contributed by atoms with Crippen LogP contribution < -0.4 is 20.2 Å². The zero-order valence-electron chi connectivity index (χ0n) is 19.3. The standard InChI is InChI=1S/C26H25FIN3O4/c1-3-34-23-13-19(15-29-31-24(32)14-18-6-8-20(27)9-7-18)12-22(28)26(23)35-16-25(33)30-21-10-4-17(2)5-11-21/h4-13,15H,3,14,16H2,1-2H3,(H,30,33)(H,31,32)/b29-15+. The van der Waals surface area contributed by atoms with E-state index in [-0.39, 0.29) is 30.7 Å². The maximum Gasteiger partial charge on any atom is 0.262 e. The number of aryl methyl sites for hydroxylation is 1. The summed E-state index contributed by atoms with van der Waals surface area (Å²) in [6, 6.07) is 16.7. The fourth-order valence-corrected chi connectivity index (χ4v) is 3.82. The summed E-state index contributed by atoms with van der Waals surface area (Å²) in [7, 11) is 0. The van der Waals surface area contributed by atoms with Gasteiger partial charge in [0.05, 0.1) is 22.8 Å². The van der Waals surface area contributed by atoms with Crippen molar-refractivity contribution < 1.29 is 23.5 Å². The normalized spacial score (nSPS) is 10.7. The van der Waals surface area contributed by atoms with Crippen LogP contribution in [0.2, 0.25) is 0 Å². The van der Waals surface area contributed by atoms with E-state index in [4.69, 9.17) is 9.47 Å². The van der Waals surface area contributed by atoms with Crippen LogP contribution in [-0.2, 0) is 16.0 Å². The van der Waals surface area contributed by atoms with Crippen LogP contribution in [0.1, 0.15) is 23.6 Å². The number of halogens is 2. The molecule has 2 N–H and O–H groups in total. The van der Waals surface area contributed by atoms with Crippen molar-refractivity contribution in [2.45, 2.75) is 20.3 Å². The SMILES string of the molecule is CCOc1cc(/C=N/NC(=O)Cc2ccc(F)cc2)cc(I)c1OCC(=O)Nc1ccc(C)cc1. The minimum atomic E-state index is -0.355. The smallest absolute Gasteiger partial charge is 0.262 e. The third-order valence-electron chi connectivity index (χ3n) is 4.70. The molecule has 0 unspecified atom stereocenters. The lowest BCUT2D eigenvalue weighted by Crippen LogP contribution is -2.21. The lowest BCUT2D eigenvalue weighted by Gasteiger charge is -2.14. The van der Waals surface area contributed by atoms with Gasteiger partial charge in [0, 0.05) is 5.69 Å². The quantitative estimate of drug-likeness (QED) is 0.201. The Morgan fingerprint density at radius 1 is 1.03 bits per heavy atom. The number of ether oxygens (including phenoxy) is 2. The first kappa shape index (κ1) is 26.1. The molecule has 0 heterocycles. The molecule has 0 radical (unpaired) electrons. The number of amides is 2. The Morgan fingerprint density at radius 3 is 2.43 bits per heavy atom. The Hall–Kier alpha value is -3.47. The molecule has 0 saturated carbocycles. The Kier molecular flexibility index (Phi) is 9.59. The van der Waals surface area contributed by atoms with Gasteiger partial charge in [0.25, 0.3) is 5.91 Å². The first-order chi connectivity index (χ1) is 16.8. The van der Waals surface area contributed by atoms with Gasteiger partial charge < -0.3 is 14.8 Å². The summed E-state index contributed by atoms with van der Waals surface area (Å²) in [4.78, 5) is 24.4. The van der Waals surface area contributed by atoms with Crippen LogP contribution in [0.5, 0.6) is 11.5 Å². The summed E-state index contributed by atoms with van der Waals surface area (Å²) < 4.78 is 25.2. The Balaban J connectivity index is 1.60. The molecule has 0 aliphatic carbocycles. The molecular weight excluding hydrogens is 564 g/mol. The van der Waals surface area contributed by atoms with E-state index in [1.807, 2.05) is 38.1 Å². The highest BCUT2D eigenvalue weighted by Gasteiger charge is 2.14. The van der Waals surface area contributed by atoms with Crippen molar-refractivity contribution in [3.8, 4) is 11.5 Å². The van der Waals surface area contributed by atoms with Crippen molar-refractivity contribution in [3.63, 3.8) is 0 Å². The average molecular weight is 589 g/mol. The molecular formula is C26H25FIN3O4. The Bertz CT molecular complexity index is 1200. The third-order valence-corrected chi connectivity index (χ3v) is 5.50. The fourth-order valence-electron chi connectivity index (χ4n) is 3.04. The van der Waals surface area contributed by atoms with E-state index in [1.54, 1.807) is 24.3 Å². The highest BCUT2D eigenvalue weighted by molar-refractivity contribution is 14.1. The van der Waals surface area contributed by atoms with Gasteiger partial charge in [-0.25, -0.2) is 9.82 Å². The molecule has 0 saturated heterocycles. The number of anilines is 1. The zero-order chi connectivity index (χ0) is 25.2. The van der Waals surface area contributed by atoms with Gasteiger partial charge in [0.15, 0.2) is 18.1 Å². The van der Waals surface area contributed by atoms with Crippen LogP contribution >= 0.6 is 22.6 Å². The topological polar surface area (TPSA) is 89.0 Å². The molecule has 0 spiro atoms. The second-order valence-electron chi connectivity index (χ2n) is 7.56. The molecule has 0 fully saturated rings. The molecule has 35 heavy (non-hydrogen) atoms. The summed E-state index contributed by atoms with van der Waals surface area (Å²) >= 11 is 2.09. The second-order valence-corrected chi connectivity index (χ2v) is 8.72. The number of nitrogens with zero attached hydrogens (tertiary/aromatic N) is 1. The number of rotatable bonds is 10. The lowest BCUT2D eigenvalue weighted by atomic mass is 10.1. The molecule has 0 aliphatic rings. The summed E-state index contributed by atoms with van der Waals surface area (Å²) in [6.07, 6.45) is 1.57. The second kappa shape index (κ2) is 12.8. The van der Waals surface area contributed by atoms with Crippen LogP contribution in [0.15, 0.2) is 65.8 Å². The van der Waals surface area contributed by atoms with Crippen molar-refractivity contribution in [2.24, 2.45) is 5.10 Å². The molecule has 0 bridgehead atoms. The highest BCUT2D eigenvalue weighted by atomic mass is 127. The van der Waals surface area contributed by atoms with Gasteiger partial charge in [-0.3, -0.25) is 9.59 Å². The van der Waals surface area contributed by atoms with Crippen LogP contribution in [0.25, 0.3) is 0 Å². The van der Waals surface area contributed by atoms with E-state index in [2.05, 4.69) is 38.4 Å². The largest absolute Gasteiger partial charge is 0.490 e. The molecule has 3 aromatic rings. The van der Waals surface area contributed by atoms with Crippen LogP contribution in [-0.4, -0.2) is 31.2 Å². The van der Waals surface area contributed by atoms with Crippen LogP contribution in [0, 0.1) is 16.3 Å². The zero-order valence-corrected chi connectivity index (χ0v) is 21.5. The lowest BCUT2D eigenvalue weighted by molar-refractivity contribution is -0.120. The summed E-state index contributed by atoms with van der Waals surface area (Å²) in [5.41, 5.74) is 5.61. The molecule has 182 valence electrons. The van der Waals surface area contributed by atoms with Gasteiger partial charge in [-0.05, 0) is 84.0 Å². The first-order valence-corrected chi connectivity index (χ1v) is 11.9. The molecule has 2 amide bonds. The monoisotopic (exact) mass is 589 g/mol. The van der Waals surface area contributed by atoms with Crippen LogP contribution in [0.4, 0.5) is 10.1 Å². The number of hydrazone groups is 1. The van der Waals surface area contributed by atoms with E-state index >= 15 is 0 Å². The number of carbonyl (C=O) groups excluding carboxylic acids is 2. The maximum absolute atomic E-state index is 13.0. The third kappa shape index (κ3) is 8.36. The van der Waals surface area contributed by atoms with Gasteiger partial charge >= 0.3 is 0 Å². The number of hydrogen-bond donors (Lipinski definition) is 2. The van der Waals surface area contributed by atoms with E-state index in [0.717, 1.165) is 9.13 Å². The maximum atomic E-state index is 13.0. The van der Waals surface area contributed by atoms with Crippen molar-refractivity contribution in [2.75, 3.05) is 18.5 Å². The van der Waals surface area contributed by atoms with Crippen molar-refractivity contribution in [3.05, 3.63) is 86.7 Å². The van der Waals surface area contributed by atoms with Gasteiger partial charge in [-0.1, -0.05) is 29.8 Å². The number of hydrogen-bond acceptors (Lipinski definition) is 5. The van der Waals surface area contributed by atoms with E-state index in [9.17, 15) is 14.0 Å².